The second kappa shape index (κ2) is 9.85. The van der Waals surface area contributed by atoms with Gasteiger partial charge in [-0.3, -0.25) is 0 Å². The molecule has 0 heterocycles. The van der Waals surface area contributed by atoms with Gasteiger partial charge in [0.2, 0.25) is 0 Å². The van der Waals surface area contributed by atoms with E-state index in [1.165, 1.54) is 28.7 Å². The van der Waals surface area contributed by atoms with E-state index < -0.39 is 21.0 Å². The summed E-state index contributed by atoms with van der Waals surface area (Å²) in [5.41, 5.74) is 9.57. The molecule has 0 bridgehead atoms. The van der Waals surface area contributed by atoms with Crippen LogP contribution in [0.1, 0.15) is 84.1 Å². The topological polar surface area (TPSA) is 0 Å². The molecule has 0 nitrogen and oxygen atoms in total. The van der Waals surface area contributed by atoms with Crippen molar-refractivity contribution in [1.29, 1.82) is 0 Å². The van der Waals surface area contributed by atoms with Crippen LogP contribution in [-0.4, -0.2) is 3.26 Å². The molecule has 32 heavy (non-hydrogen) atoms. The van der Waals surface area contributed by atoms with Crippen LogP contribution in [0.2, 0.25) is 0 Å². The molecule has 0 unspecified atom stereocenters. The monoisotopic (exact) mass is 634 g/mol. The fraction of sp³-hybridized carbons (Fsp3) is 0.414. The van der Waals surface area contributed by atoms with E-state index in [0.29, 0.717) is 0 Å². The summed E-state index contributed by atoms with van der Waals surface area (Å²) in [5.74, 6) is 0. The molecule has 0 N–H and O–H groups in total. The summed E-state index contributed by atoms with van der Waals surface area (Å²) in [6.07, 6.45) is 9.36. The predicted molar refractivity (Wildman–Crippen MR) is 130 cm³/mol. The van der Waals surface area contributed by atoms with Crippen LogP contribution >= 0.6 is 0 Å². The smallest absolute Gasteiger partial charge is 1.00 e. The Hall–Kier alpha value is -0.760. The summed E-state index contributed by atoms with van der Waals surface area (Å²) in [6, 6.07) is 12.1. The molecule has 0 fully saturated rings. The van der Waals surface area contributed by atoms with Crippen LogP contribution < -0.4 is 28.1 Å². The van der Waals surface area contributed by atoms with Crippen molar-refractivity contribution in [1.82, 2.24) is 0 Å². The summed E-state index contributed by atoms with van der Waals surface area (Å²) in [4.78, 5) is 0. The summed E-state index contributed by atoms with van der Waals surface area (Å²) in [6.45, 7) is 19.0. The molecule has 2 aliphatic rings. The van der Waals surface area contributed by atoms with Gasteiger partial charge in [-0.15, -0.1) is 0 Å². The molecule has 0 amide bonds. The van der Waals surface area contributed by atoms with E-state index in [4.69, 9.17) is 0 Å². The maximum Gasteiger partial charge on any atom is -1.00 e. The molecule has 2 aromatic carbocycles. The van der Waals surface area contributed by atoms with E-state index in [2.05, 4.69) is 104 Å². The van der Waals surface area contributed by atoms with Crippen LogP contribution in [0, 0.1) is 0 Å². The number of allylic oxidation sites excluding steroid dienone is 4. The Morgan fingerprint density at radius 1 is 0.844 bits per heavy atom. The minimum absolute atomic E-state index is 0. The standard InChI is InChI=1S/C21H25.C5H5.C3H6.2ClH.Hf/c1-20(2,3)16-7-9-18-14(12-16)11-15-13-17(21(4,5)6)8-10-19(15)18;1-2-4-5-3-1;1-3-2;;;/h7-10,12H,11H2,1-6H3;1-3H,4H2;1-2H3;2*1H;/q;;;;;+2/p-2. The average Bonchev–Trinajstić information content (AvgIpc) is 3.27. The molecule has 4 rings (SSSR count). The van der Waals surface area contributed by atoms with Crippen molar-refractivity contribution in [3.8, 4) is 11.1 Å². The normalized spacial score (nSPS) is 13.9. The zero-order valence-electron chi connectivity index (χ0n) is 20.8. The number of fused-ring (bicyclic) bond motifs is 3. The van der Waals surface area contributed by atoms with Gasteiger partial charge in [0.05, 0.1) is 0 Å². The van der Waals surface area contributed by atoms with Crippen molar-refractivity contribution in [3.63, 3.8) is 0 Å². The van der Waals surface area contributed by atoms with Gasteiger partial charge in [-0.05, 0) is 0 Å². The van der Waals surface area contributed by atoms with Crippen LogP contribution in [0.25, 0.3) is 11.1 Å². The van der Waals surface area contributed by atoms with Gasteiger partial charge < -0.3 is 24.8 Å². The first kappa shape index (κ1) is 27.5. The van der Waals surface area contributed by atoms with Gasteiger partial charge >= 0.3 is 192 Å². The van der Waals surface area contributed by atoms with E-state index in [0.717, 1.165) is 6.42 Å². The van der Waals surface area contributed by atoms with Crippen LogP contribution in [-0.2, 0) is 38.2 Å². The number of hydrogen-bond acceptors (Lipinski definition) is 0. The van der Waals surface area contributed by atoms with Gasteiger partial charge in [0.15, 0.2) is 0 Å². The molecular formula is C29H36Cl2Hf. The Kier molecular flexibility index (Phi) is 8.46. The Morgan fingerprint density at radius 3 is 2.03 bits per heavy atom. The van der Waals surface area contributed by atoms with Crippen molar-refractivity contribution in [3.05, 3.63) is 74.1 Å². The van der Waals surface area contributed by atoms with E-state index in [9.17, 15) is 0 Å². The maximum atomic E-state index is 2.49. The second-order valence-corrected chi connectivity index (χ2v) is 21.7. The number of hydrogen-bond donors (Lipinski definition) is 0. The minimum atomic E-state index is -2.31. The third-order valence-electron chi connectivity index (χ3n) is 6.59. The predicted octanol–water partition coefficient (Wildman–Crippen LogP) is 1.16. The first-order valence-electron chi connectivity index (χ1n) is 11.3. The fourth-order valence-electron chi connectivity index (χ4n) is 5.02. The van der Waals surface area contributed by atoms with Crippen LogP contribution in [0.5, 0.6) is 0 Å². The average molecular weight is 634 g/mol. The van der Waals surface area contributed by atoms with Crippen molar-refractivity contribution in [2.24, 2.45) is 0 Å². The van der Waals surface area contributed by atoms with Gasteiger partial charge in [0.25, 0.3) is 0 Å². The molecule has 0 aliphatic heterocycles. The molecule has 0 aromatic heterocycles. The molecule has 0 radical (unpaired) electrons. The third-order valence-corrected chi connectivity index (χ3v) is 17.7. The Labute approximate surface area is 215 Å². The van der Waals surface area contributed by atoms with Gasteiger partial charge in [0.1, 0.15) is 0 Å². The number of benzene rings is 2. The Morgan fingerprint density at radius 2 is 1.50 bits per heavy atom. The molecule has 0 saturated carbocycles. The van der Waals surface area contributed by atoms with Crippen molar-refractivity contribution in [2.75, 3.05) is 0 Å². The number of rotatable bonds is 2. The van der Waals surface area contributed by atoms with Crippen molar-refractivity contribution < 1.29 is 45.8 Å². The van der Waals surface area contributed by atoms with Crippen LogP contribution in [0.4, 0.5) is 0 Å². The molecule has 2 aromatic rings. The quantitative estimate of drug-likeness (QED) is 0.372. The first-order valence-corrected chi connectivity index (χ1v) is 16.7. The minimum Gasteiger partial charge on any atom is -1.00 e. The molecule has 0 atom stereocenters. The Bertz CT molecular complexity index is 1120. The summed E-state index contributed by atoms with van der Waals surface area (Å²) in [7, 11) is 0. The van der Waals surface area contributed by atoms with E-state index >= 15 is 0 Å². The van der Waals surface area contributed by atoms with Crippen LogP contribution in [0.15, 0.2) is 51.9 Å². The largest absolute Gasteiger partial charge is 1.00 e. The molecule has 3 heteroatoms. The summed E-state index contributed by atoms with van der Waals surface area (Å²) >= 11 is -2.31. The van der Waals surface area contributed by atoms with E-state index in [1.807, 2.05) is 0 Å². The number of halogens is 2. The van der Waals surface area contributed by atoms with Gasteiger partial charge in [-0.2, -0.15) is 0 Å². The fourth-order valence-corrected chi connectivity index (χ4v) is 16.9. The second-order valence-electron chi connectivity index (χ2n) is 11.3. The van der Waals surface area contributed by atoms with Crippen molar-refractivity contribution in [2.45, 2.75) is 79.1 Å². The van der Waals surface area contributed by atoms with Crippen molar-refractivity contribution >= 4 is 6.58 Å². The van der Waals surface area contributed by atoms with E-state index in [-0.39, 0.29) is 35.6 Å². The summed E-state index contributed by atoms with van der Waals surface area (Å²) in [5, 5.41) is 0. The molecule has 2 aliphatic carbocycles. The van der Waals surface area contributed by atoms with Gasteiger partial charge in [-0.25, -0.2) is 0 Å². The zero-order valence-corrected chi connectivity index (χ0v) is 25.9. The van der Waals surface area contributed by atoms with Crippen LogP contribution in [0.3, 0.4) is 0 Å². The summed E-state index contributed by atoms with van der Waals surface area (Å²) < 4.78 is 5.25. The first-order chi connectivity index (χ1) is 14.0. The third kappa shape index (κ3) is 5.01. The van der Waals surface area contributed by atoms with Gasteiger partial charge in [0, 0.05) is 0 Å². The van der Waals surface area contributed by atoms with E-state index in [1.54, 1.807) is 21.0 Å². The maximum absolute atomic E-state index is 2.49. The molecular weight excluding hydrogens is 598 g/mol. The SMILES string of the molecule is C[C](C)=[Hf+2]([C]1=CC=CC1)[c]1c(C(C)(C)C)ccc2c1Cc1cc(C(C)(C)C)ccc1-2.[Cl-].[Cl-]. The molecule has 0 saturated heterocycles. The zero-order chi connectivity index (χ0) is 21.8. The molecule has 170 valence electrons. The Balaban J connectivity index is 0.00000181. The van der Waals surface area contributed by atoms with Gasteiger partial charge in [-0.1, -0.05) is 0 Å². The molecule has 0 spiro atoms.